The van der Waals surface area contributed by atoms with Gasteiger partial charge in [0.15, 0.2) is 0 Å². The molecule has 0 fully saturated rings. The highest BCUT2D eigenvalue weighted by molar-refractivity contribution is 6.32. The molecular formula is C11H13ClO. The van der Waals surface area contributed by atoms with Gasteiger partial charge < -0.3 is 4.74 Å². The summed E-state index contributed by atoms with van der Waals surface area (Å²) in [5.41, 5.74) is 1.16. The Morgan fingerprint density at radius 2 is 2.31 bits per heavy atom. The third-order valence-electron chi connectivity index (χ3n) is 1.68. The average molecular weight is 197 g/mol. The van der Waals surface area contributed by atoms with Crippen LogP contribution in [0.2, 0.25) is 5.02 Å². The predicted molar refractivity (Wildman–Crippen MR) is 56.5 cm³/mol. The molecule has 0 aliphatic heterocycles. The summed E-state index contributed by atoms with van der Waals surface area (Å²) in [6, 6.07) is 5.80. The van der Waals surface area contributed by atoms with Gasteiger partial charge in [0.2, 0.25) is 0 Å². The van der Waals surface area contributed by atoms with Crippen molar-refractivity contribution in [2.24, 2.45) is 0 Å². The van der Waals surface area contributed by atoms with Crippen LogP contribution in [0.3, 0.4) is 0 Å². The molecule has 70 valence electrons. The number of ether oxygens (including phenoxy) is 1. The van der Waals surface area contributed by atoms with Crippen molar-refractivity contribution in [2.45, 2.75) is 13.3 Å². The molecular weight excluding hydrogens is 184 g/mol. The molecule has 0 saturated carbocycles. The zero-order chi connectivity index (χ0) is 9.68. The summed E-state index contributed by atoms with van der Waals surface area (Å²) >= 11 is 5.98. The summed E-state index contributed by atoms with van der Waals surface area (Å²) in [6.07, 6.45) is 2.69. The Bertz CT molecular complexity index is 294. The Morgan fingerprint density at radius 3 is 2.85 bits per heavy atom. The van der Waals surface area contributed by atoms with Gasteiger partial charge in [-0.05, 0) is 31.0 Å². The van der Waals surface area contributed by atoms with E-state index in [1.54, 1.807) is 0 Å². The molecule has 0 bridgehead atoms. The monoisotopic (exact) mass is 196 g/mol. The number of hydrogen-bond donors (Lipinski definition) is 0. The van der Waals surface area contributed by atoms with Crippen molar-refractivity contribution in [2.75, 3.05) is 6.61 Å². The van der Waals surface area contributed by atoms with Crippen LogP contribution in [0.5, 0.6) is 5.75 Å². The number of halogens is 1. The van der Waals surface area contributed by atoms with Gasteiger partial charge in [0.1, 0.15) is 5.75 Å². The van der Waals surface area contributed by atoms with Crippen molar-refractivity contribution in [1.82, 2.24) is 0 Å². The second kappa shape index (κ2) is 4.93. The third kappa shape index (κ3) is 2.78. The lowest BCUT2D eigenvalue weighted by Gasteiger charge is -2.06. The molecule has 1 rings (SSSR count). The van der Waals surface area contributed by atoms with Crippen molar-refractivity contribution in [1.29, 1.82) is 0 Å². The molecule has 0 N–H and O–H groups in total. The Balaban J connectivity index is 2.84. The lowest BCUT2D eigenvalue weighted by molar-refractivity contribution is 0.340. The highest BCUT2D eigenvalue weighted by Gasteiger charge is 2.00. The van der Waals surface area contributed by atoms with Gasteiger partial charge in [-0.1, -0.05) is 23.7 Å². The van der Waals surface area contributed by atoms with Crippen LogP contribution < -0.4 is 4.74 Å². The summed E-state index contributed by atoms with van der Waals surface area (Å²) in [5, 5.41) is 0.668. The Labute approximate surface area is 84.0 Å². The van der Waals surface area contributed by atoms with Gasteiger partial charge in [-0.15, -0.1) is 6.58 Å². The molecule has 0 saturated heterocycles. The van der Waals surface area contributed by atoms with E-state index >= 15 is 0 Å². The quantitative estimate of drug-likeness (QED) is 0.671. The molecule has 0 radical (unpaired) electrons. The van der Waals surface area contributed by atoms with Crippen LogP contribution in [0, 0.1) is 0 Å². The molecule has 0 aliphatic carbocycles. The summed E-state index contributed by atoms with van der Waals surface area (Å²) in [5.74, 6) is 0.747. The second-order valence-corrected chi connectivity index (χ2v) is 3.10. The molecule has 0 atom stereocenters. The van der Waals surface area contributed by atoms with Gasteiger partial charge >= 0.3 is 0 Å². The van der Waals surface area contributed by atoms with Crippen molar-refractivity contribution in [3.05, 3.63) is 41.4 Å². The van der Waals surface area contributed by atoms with E-state index < -0.39 is 0 Å². The average Bonchev–Trinajstić information content (AvgIpc) is 2.10. The van der Waals surface area contributed by atoms with E-state index in [1.165, 1.54) is 0 Å². The summed E-state index contributed by atoms with van der Waals surface area (Å²) in [7, 11) is 0. The number of allylic oxidation sites excluding steroid dienone is 1. The Morgan fingerprint density at radius 1 is 1.54 bits per heavy atom. The zero-order valence-electron chi connectivity index (χ0n) is 7.72. The van der Waals surface area contributed by atoms with E-state index in [4.69, 9.17) is 16.3 Å². The molecule has 1 aromatic carbocycles. The van der Waals surface area contributed by atoms with Gasteiger partial charge in [0.25, 0.3) is 0 Å². The fraction of sp³-hybridized carbons (Fsp3) is 0.273. The number of benzene rings is 1. The summed E-state index contributed by atoms with van der Waals surface area (Å²) in [6.45, 7) is 6.25. The number of hydrogen-bond acceptors (Lipinski definition) is 1. The van der Waals surface area contributed by atoms with Gasteiger partial charge in [0.05, 0.1) is 11.6 Å². The minimum absolute atomic E-state index is 0.639. The highest BCUT2D eigenvalue weighted by atomic mass is 35.5. The Kier molecular flexibility index (Phi) is 3.84. The Hall–Kier alpha value is -0.950. The molecule has 2 heteroatoms. The number of rotatable bonds is 4. The van der Waals surface area contributed by atoms with E-state index in [-0.39, 0.29) is 0 Å². The van der Waals surface area contributed by atoms with Crippen molar-refractivity contribution in [3.63, 3.8) is 0 Å². The van der Waals surface area contributed by atoms with Gasteiger partial charge in [-0.3, -0.25) is 0 Å². The molecule has 0 aromatic heterocycles. The topological polar surface area (TPSA) is 9.23 Å². The minimum Gasteiger partial charge on any atom is -0.492 e. The molecule has 0 unspecified atom stereocenters. The summed E-state index contributed by atoms with van der Waals surface area (Å²) in [4.78, 5) is 0. The van der Waals surface area contributed by atoms with Crippen LogP contribution in [0.15, 0.2) is 30.9 Å². The maximum atomic E-state index is 5.98. The van der Waals surface area contributed by atoms with Gasteiger partial charge in [-0.2, -0.15) is 0 Å². The SMILES string of the molecule is C=CCc1ccc(OCC)c(Cl)c1. The fourth-order valence-corrected chi connectivity index (χ4v) is 1.37. The smallest absolute Gasteiger partial charge is 0.137 e. The first kappa shape index (κ1) is 10.1. The summed E-state index contributed by atoms with van der Waals surface area (Å²) < 4.78 is 5.31. The zero-order valence-corrected chi connectivity index (χ0v) is 8.47. The molecule has 1 aromatic rings. The van der Waals surface area contributed by atoms with Crippen LogP contribution in [-0.2, 0) is 6.42 Å². The molecule has 0 aliphatic rings. The van der Waals surface area contributed by atoms with E-state index in [0.717, 1.165) is 17.7 Å². The lowest BCUT2D eigenvalue weighted by Crippen LogP contribution is -1.92. The molecule has 0 heterocycles. The molecule has 0 amide bonds. The fourth-order valence-electron chi connectivity index (χ4n) is 1.11. The van der Waals surface area contributed by atoms with E-state index in [0.29, 0.717) is 11.6 Å². The maximum Gasteiger partial charge on any atom is 0.137 e. The van der Waals surface area contributed by atoms with E-state index in [9.17, 15) is 0 Å². The third-order valence-corrected chi connectivity index (χ3v) is 1.97. The van der Waals surface area contributed by atoms with E-state index in [2.05, 4.69) is 6.58 Å². The highest BCUT2D eigenvalue weighted by Crippen LogP contribution is 2.25. The first-order valence-corrected chi connectivity index (χ1v) is 4.67. The lowest BCUT2D eigenvalue weighted by atomic mass is 10.1. The second-order valence-electron chi connectivity index (χ2n) is 2.69. The van der Waals surface area contributed by atoms with E-state index in [1.807, 2.05) is 31.2 Å². The van der Waals surface area contributed by atoms with Crippen molar-refractivity contribution >= 4 is 11.6 Å². The largest absolute Gasteiger partial charge is 0.492 e. The first-order chi connectivity index (χ1) is 6.27. The predicted octanol–water partition coefficient (Wildman–Crippen LogP) is 3.47. The van der Waals surface area contributed by atoms with Crippen LogP contribution in [0.1, 0.15) is 12.5 Å². The standard InChI is InChI=1S/C11H13ClO/c1-3-5-9-6-7-11(13-4-2)10(12)8-9/h3,6-8H,1,4-5H2,2H3. The van der Waals surface area contributed by atoms with Crippen LogP contribution >= 0.6 is 11.6 Å². The minimum atomic E-state index is 0.639. The molecule has 1 nitrogen and oxygen atoms in total. The van der Waals surface area contributed by atoms with Crippen LogP contribution in [0.25, 0.3) is 0 Å². The van der Waals surface area contributed by atoms with Gasteiger partial charge in [-0.25, -0.2) is 0 Å². The molecule has 0 spiro atoms. The normalized spacial score (nSPS) is 9.69. The first-order valence-electron chi connectivity index (χ1n) is 4.30. The van der Waals surface area contributed by atoms with Crippen molar-refractivity contribution in [3.8, 4) is 5.75 Å². The van der Waals surface area contributed by atoms with Crippen molar-refractivity contribution < 1.29 is 4.74 Å². The van der Waals surface area contributed by atoms with Crippen LogP contribution in [-0.4, -0.2) is 6.61 Å². The van der Waals surface area contributed by atoms with Crippen LogP contribution in [0.4, 0.5) is 0 Å². The maximum absolute atomic E-state index is 5.98. The van der Waals surface area contributed by atoms with Gasteiger partial charge in [0, 0.05) is 0 Å². The molecule has 13 heavy (non-hydrogen) atoms.